The molecule has 0 saturated heterocycles. The molecule has 2 aromatic rings. The minimum Gasteiger partial charge on any atom is -0.330 e. The van der Waals surface area contributed by atoms with Crippen LogP contribution in [0.5, 0.6) is 0 Å². The van der Waals surface area contributed by atoms with Gasteiger partial charge >= 0.3 is 0 Å². The van der Waals surface area contributed by atoms with E-state index < -0.39 is 0 Å². The molecule has 0 aliphatic heterocycles. The van der Waals surface area contributed by atoms with Crippen molar-refractivity contribution in [1.82, 2.24) is 4.98 Å². The first-order valence-corrected chi connectivity index (χ1v) is 8.90. The SMILES string of the molecule is CN(c1ccccn1)c1ccccc1CCCC(N)CCCCN. The molecule has 0 amide bonds. The number of rotatable bonds is 10. The molecule has 24 heavy (non-hydrogen) atoms. The standard InChI is InChI=1S/C20H30N4/c1-24(20-14-5-7-16-23-20)19-13-3-2-9-17(19)10-8-12-18(22)11-4-6-15-21/h2-3,5,7,9,13-14,16,18H,4,6,8,10-12,15,21-22H2,1H3. The summed E-state index contributed by atoms with van der Waals surface area (Å²) in [4.78, 5) is 6.59. The Labute approximate surface area is 145 Å². The van der Waals surface area contributed by atoms with Crippen LogP contribution in [-0.2, 0) is 6.42 Å². The topological polar surface area (TPSA) is 68.2 Å². The van der Waals surface area contributed by atoms with Crippen LogP contribution in [0.15, 0.2) is 48.7 Å². The van der Waals surface area contributed by atoms with Gasteiger partial charge in [-0.15, -0.1) is 0 Å². The summed E-state index contributed by atoms with van der Waals surface area (Å²) in [5, 5.41) is 0. The second-order valence-corrected chi connectivity index (χ2v) is 6.31. The van der Waals surface area contributed by atoms with Crippen molar-refractivity contribution in [3.05, 3.63) is 54.2 Å². The van der Waals surface area contributed by atoms with Gasteiger partial charge in [0.2, 0.25) is 0 Å². The van der Waals surface area contributed by atoms with Crippen LogP contribution < -0.4 is 16.4 Å². The molecule has 1 aromatic heterocycles. The van der Waals surface area contributed by atoms with Crippen LogP contribution in [0.3, 0.4) is 0 Å². The number of benzene rings is 1. The first kappa shape index (κ1) is 18.4. The number of anilines is 2. The zero-order chi connectivity index (χ0) is 17.2. The van der Waals surface area contributed by atoms with Gasteiger partial charge in [-0.1, -0.05) is 30.7 Å². The number of unbranched alkanes of at least 4 members (excludes halogenated alkanes) is 1. The van der Waals surface area contributed by atoms with Gasteiger partial charge in [-0.05, 0) is 62.4 Å². The molecule has 4 nitrogen and oxygen atoms in total. The molecular weight excluding hydrogens is 296 g/mol. The van der Waals surface area contributed by atoms with Crippen molar-refractivity contribution in [1.29, 1.82) is 0 Å². The lowest BCUT2D eigenvalue weighted by molar-refractivity contribution is 0.518. The van der Waals surface area contributed by atoms with Gasteiger partial charge in [0.1, 0.15) is 5.82 Å². The second-order valence-electron chi connectivity index (χ2n) is 6.31. The van der Waals surface area contributed by atoms with Crippen LogP contribution in [0.1, 0.15) is 37.7 Å². The third kappa shape index (κ3) is 5.62. The number of hydrogen-bond acceptors (Lipinski definition) is 4. The quantitative estimate of drug-likeness (QED) is 0.654. The molecule has 0 bridgehead atoms. The molecule has 0 aliphatic rings. The van der Waals surface area contributed by atoms with Gasteiger partial charge in [-0.25, -0.2) is 4.98 Å². The largest absolute Gasteiger partial charge is 0.330 e. The van der Waals surface area contributed by atoms with Crippen molar-refractivity contribution in [3.8, 4) is 0 Å². The van der Waals surface area contributed by atoms with Crippen molar-refractivity contribution in [2.45, 2.75) is 44.6 Å². The third-order valence-corrected chi connectivity index (χ3v) is 4.40. The first-order chi connectivity index (χ1) is 11.7. The van der Waals surface area contributed by atoms with Crippen molar-refractivity contribution in [2.75, 3.05) is 18.5 Å². The molecule has 130 valence electrons. The minimum absolute atomic E-state index is 0.289. The van der Waals surface area contributed by atoms with Gasteiger partial charge in [-0.2, -0.15) is 0 Å². The molecule has 1 aromatic carbocycles. The van der Waals surface area contributed by atoms with E-state index in [1.165, 1.54) is 11.3 Å². The molecular formula is C20H30N4. The van der Waals surface area contributed by atoms with Crippen molar-refractivity contribution in [3.63, 3.8) is 0 Å². The van der Waals surface area contributed by atoms with Gasteiger partial charge < -0.3 is 16.4 Å². The monoisotopic (exact) mass is 326 g/mol. The highest BCUT2D eigenvalue weighted by molar-refractivity contribution is 5.63. The Balaban J connectivity index is 1.92. The lowest BCUT2D eigenvalue weighted by atomic mass is 10.0. The number of aromatic nitrogens is 1. The van der Waals surface area contributed by atoms with E-state index >= 15 is 0 Å². The Morgan fingerprint density at radius 1 is 1.00 bits per heavy atom. The van der Waals surface area contributed by atoms with E-state index in [0.717, 1.165) is 50.9 Å². The number of aryl methyl sites for hydroxylation is 1. The van der Waals surface area contributed by atoms with Crippen LogP contribution in [0, 0.1) is 0 Å². The zero-order valence-electron chi connectivity index (χ0n) is 14.7. The summed E-state index contributed by atoms with van der Waals surface area (Å²) in [7, 11) is 2.07. The molecule has 2 rings (SSSR count). The number of para-hydroxylation sites is 1. The van der Waals surface area contributed by atoms with E-state index in [9.17, 15) is 0 Å². The molecule has 1 unspecified atom stereocenters. The molecule has 0 spiro atoms. The Hall–Kier alpha value is -1.91. The second kappa shape index (κ2) is 10.1. The molecule has 0 aliphatic carbocycles. The normalized spacial score (nSPS) is 12.1. The minimum atomic E-state index is 0.289. The summed E-state index contributed by atoms with van der Waals surface area (Å²) in [6.07, 6.45) is 8.32. The highest BCUT2D eigenvalue weighted by atomic mass is 15.2. The van der Waals surface area contributed by atoms with Crippen molar-refractivity contribution in [2.24, 2.45) is 11.5 Å². The summed E-state index contributed by atoms with van der Waals surface area (Å²) in [6.45, 7) is 0.764. The lowest BCUT2D eigenvalue weighted by Crippen LogP contribution is -2.20. The Morgan fingerprint density at radius 3 is 2.50 bits per heavy atom. The Morgan fingerprint density at radius 2 is 1.75 bits per heavy atom. The van der Waals surface area contributed by atoms with Gasteiger partial charge in [0.05, 0.1) is 0 Å². The Kier molecular flexibility index (Phi) is 7.72. The molecule has 4 heteroatoms. The third-order valence-electron chi connectivity index (χ3n) is 4.40. The molecule has 0 fully saturated rings. The average molecular weight is 326 g/mol. The predicted octanol–water partition coefficient (Wildman–Crippen LogP) is 3.63. The van der Waals surface area contributed by atoms with Gasteiger partial charge in [0.25, 0.3) is 0 Å². The van der Waals surface area contributed by atoms with Crippen molar-refractivity contribution >= 4 is 11.5 Å². The molecule has 0 radical (unpaired) electrons. The Bertz CT molecular complexity index is 585. The van der Waals surface area contributed by atoms with Crippen LogP contribution in [0.25, 0.3) is 0 Å². The van der Waals surface area contributed by atoms with Crippen LogP contribution in [0.2, 0.25) is 0 Å². The maximum Gasteiger partial charge on any atom is 0.132 e. The summed E-state index contributed by atoms with van der Waals surface area (Å²) in [6, 6.07) is 14.8. The maximum atomic E-state index is 6.21. The van der Waals surface area contributed by atoms with E-state index in [2.05, 4.69) is 41.2 Å². The lowest BCUT2D eigenvalue weighted by Gasteiger charge is -2.22. The van der Waals surface area contributed by atoms with Gasteiger partial charge in [0.15, 0.2) is 0 Å². The molecule has 1 atom stereocenters. The zero-order valence-corrected chi connectivity index (χ0v) is 14.7. The van der Waals surface area contributed by atoms with E-state index in [4.69, 9.17) is 11.5 Å². The highest BCUT2D eigenvalue weighted by Crippen LogP contribution is 2.26. The van der Waals surface area contributed by atoms with E-state index in [1.54, 1.807) is 0 Å². The predicted molar refractivity (Wildman–Crippen MR) is 103 cm³/mol. The van der Waals surface area contributed by atoms with E-state index in [-0.39, 0.29) is 6.04 Å². The maximum absolute atomic E-state index is 6.21. The van der Waals surface area contributed by atoms with Gasteiger partial charge in [-0.3, -0.25) is 0 Å². The van der Waals surface area contributed by atoms with E-state index in [1.807, 2.05) is 24.4 Å². The van der Waals surface area contributed by atoms with E-state index in [0.29, 0.717) is 0 Å². The fourth-order valence-electron chi connectivity index (χ4n) is 2.97. The molecule has 1 heterocycles. The number of hydrogen-bond donors (Lipinski definition) is 2. The van der Waals surface area contributed by atoms with Gasteiger partial charge in [0, 0.05) is 25.0 Å². The molecule has 0 saturated carbocycles. The van der Waals surface area contributed by atoms with Crippen molar-refractivity contribution < 1.29 is 0 Å². The fourth-order valence-corrected chi connectivity index (χ4v) is 2.97. The summed E-state index contributed by atoms with van der Waals surface area (Å²) >= 11 is 0. The first-order valence-electron chi connectivity index (χ1n) is 8.90. The summed E-state index contributed by atoms with van der Waals surface area (Å²) in [5.41, 5.74) is 14.3. The average Bonchev–Trinajstić information content (AvgIpc) is 2.62. The van der Waals surface area contributed by atoms with Crippen LogP contribution in [0.4, 0.5) is 11.5 Å². The van der Waals surface area contributed by atoms with Crippen LogP contribution in [-0.4, -0.2) is 24.6 Å². The summed E-state index contributed by atoms with van der Waals surface area (Å²) in [5.74, 6) is 0.962. The number of nitrogens with zero attached hydrogens (tertiary/aromatic N) is 2. The number of nitrogens with two attached hydrogens (primary N) is 2. The molecule has 4 N–H and O–H groups in total. The smallest absolute Gasteiger partial charge is 0.132 e. The van der Waals surface area contributed by atoms with Crippen LogP contribution >= 0.6 is 0 Å². The fraction of sp³-hybridized carbons (Fsp3) is 0.450. The highest BCUT2D eigenvalue weighted by Gasteiger charge is 2.10. The number of pyridine rings is 1. The summed E-state index contributed by atoms with van der Waals surface area (Å²) < 4.78 is 0.